The molecule has 1 N–H and O–H groups in total. The van der Waals surface area contributed by atoms with Crippen LogP contribution in [0.3, 0.4) is 0 Å². The van der Waals surface area contributed by atoms with Crippen molar-refractivity contribution in [1.29, 1.82) is 0 Å². The molecule has 1 saturated carbocycles. The molecule has 4 nitrogen and oxygen atoms in total. The zero-order valence-corrected chi connectivity index (χ0v) is 12.8. The van der Waals surface area contributed by atoms with Crippen LogP contribution in [0.1, 0.15) is 52.9 Å². The molecule has 0 aromatic heterocycles. The third kappa shape index (κ3) is 4.77. The first-order chi connectivity index (χ1) is 8.91. The molecule has 1 rings (SSSR count). The van der Waals surface area contributed by atoms with Gasteiger partial charge in [0.1, 0.15) is 0 Å². The summed E-state index contributed by atoms with van der Waals surface area (Å²) >= 11 is 0. The molecule has 19 heavy (non-hydrogen) atoms. The van der Waals surface area contributed by atoms with Gasteiger partial charge in [-0.3, -0.25) is 4.79 Å². The van der Waals surface area contributed by atoms with Gasteiger partial charge in [-0.2, -0.15) is 0 Å². The summed E-state index contributed by atoms with van der Waals surface area (Å²) in [5.74, 6) is -0.117. The minimum Gasteiger partial charge on any atom is -0.466 e. The third-order valence-electron chi connectivity index (χ3n) is 4.42. The number of nitrogens with zero attached hydrogens (tertiary/aromatic N) is 1. The maximum atomic E-state index is 11.7. The van der Waals surface area contributed by atoms with Crippen molar-refractivity contribution in [2.45, 2.75) is 64.5 Å². The van der Waals surface area contributed by atoms with E-state index in [4.69, 9.17) is 4.74 Å². The fraction of sp³-hybridized carbons (Fsp3) is 0.933. The van der Waals surface area contributed by atoms with Gasteiger partial charge >= 0.3 is 5.97 Å². The van der Waals surface area contributed by atoms with Crippen LogP contribution in [0, 0.1) is 5.92 Å². The Balaban J connectivity index is 2.44. The van der Waals surface area contributed by atoms with Gasteiger partial charge in [0.25, 0.3) is 0 Å². The standard InChI is InChI=1S/C15H29NO3/c1-5-12(3)16(4)11-15(18)9-7-13(8-10-15)14(17)19-6-2/h12-13,18H,5-11H2,1-4H3. The van der Waals surface area contributed by atoms with E-state index in [1.54, 1.807) is 0 Å². The molecule has 0 heterocycles. The highest BCUT2D eigenvalue weighted by molar-refractivity contribution is 5.72. The normalized spacial score (nSPS) is 29.3. The van der Waals surface area contributed by atoms with Crippen LogP contribution in [0.15, 0.2) is 0 Å². The van der Waals surface area contributed by atoms with Gasteiger partial charge in [-0.05, 0) is 53.0 Å². The van der Waals surface area contributed by atoms with Crippen molar-refractivity contribution >= 4 is 5.97 Å². The number of aliphatic hydroxyl groups is 1. The van der Waals surface area contributed by atoms with E-state index in [0.29, 0.717) is 32.0 Å². The molecule has 0 bridgehead atoms. The quantitative estimate of drug-likeness (QED) is 0.752. The second-order valence-corrected chi connectivity index (χ2v) is 5.92. The molecule has 1 aliphatic carbocycles. The van der Waals surface area contributed by atoms with Gasteiger partial charge in [-0.15, -0.1) is 0 Å². The molecule has 0 aromatic rings. The molecule has 1 aliphatic rings. The van der Waals surface area contributed by atoms with Crippen LogP contribution in [0.5, 0.6) is 0 Å². The fourth-order valence-corrected chi connectivity index (χ4v) is 2.74. The summed E-state index contributed by atoms with van der Waals surface area (Å²) in [6.45, 7) is 7.29. The molecule has 1 unspecified atom stereocenters. The Kier molecular flexibility index (Phi) is 6.27. The van der Waals surface area contributed by atoms with Crippen molar-refractivity contribution < 1.29 is 14.6 Å². The lowest BCUT2D eigenvalue weighted by molar-refractivity contribution is -0.151. The van der Waals surface area contributed by atoms with Gasteiger partial charge in [0.15, 0.2) is 0 Å². The van der Waals surface area contributed by atoms with E-state index in [2.05, 4.69) is 25.8 Å². The van der Waals surface area contributed by atoms with Crippen molar-refractivity contribution in [3.8, 4) is 0 Å². The summed E-state index contributed by atoms with van der Waals surface area (Å²) in [5.41, 5.74) is -0.638. The molecular formula is C15H29NO3. The van der Waals surface area contributed by atoms with Crippen molar-refractivity contribution in [1.82, 2.24) is 4.90 Å². The molecule has 1 fully saturated rings. The Bertz CT molecular complexity index is 285. The molecule has 0 spiro atoms. The molecule has 112 valence electrons. The molecule has 0 radical (unpaired) electrons. The van der Waals surface area contributed by atoms with Crippen molar-refractivity contribution in [3.05, 3.63) is 0 Å². The predicted octanol–water partition coefficient (Wildman–Crippen LogP) is 2.20. The van der Waals surface area contributed by atoms with Crippen LogP contribution in [-0.2, 0) is 9.53 Å². The summed E-state index contributed by atoms with van der Waals surface area (Å²) in [6.07, 6.45) is 3.94. The molecular weight excluding hydrogens is 242 g/mol. The highest BCUT2D eigenvalue weighted by Crippen LogP contribution is 2.33. The SMILES string of the molecule is CCOC(=O)C1CCC(O)(CN(C)C(C)CC)CC1. The monoisotopic (exact) mass is 271 g/mol. The zero-order chi connectivity index (χ0) is 14.5. The molecule has 0 amide bonds. The second-order valence-electron chi connectivity index (χ2n) is 5.92. The number of carbonyl (C=O) groups excluding carboxylic acids is 1. The minimum absolute atomic E-state index is 0.0193. The predicted molar refractivity (Wildman–Crippen MR) is 75.9 cm³/mol. The number of ether oxygens (including phenoxy) is 1. The van der Waals surface area contributed by atoms with Crippen LogP contribution in [0.4, 0.5) is 0 Å². The third-order valence-corrected chi connectivity index (χ3v) is 4.42. The first-order valence-corrected chi connectivity index (χ1v) is 7.51. The van der Waals surface area contributed by atoms with Crippen LogP contribution < -0.4 is 0 Å². The Morgan fingerprint density at radius 2 is 2.00 bits per heavy atom. The average molecular weight is 271 g/mol. The van der Waals surface area contributed by atoms with E-state index in [-0.39, 0.29) is 11.9 Å². The number of rotatable bonds is 6. The summed E-state index contributed by atoms with van der Waals surface area (Å²) in [5, 5.41) is 10.6. The summed E-state index contributed by atoms with van der Waals surface area (Å²) in [4.78, 5) is 13.9. The lowest BCUT2D eigenvalue weighted by Gasteiger charge is -2.39. The highest BCUT2D eigenvalue weighted by atomic mass is 16.5. The van der Waals surface area contributed by atoms with Crippen molar-refractivity contribution in [2.24, 2.45) is 5.92 Å². The number of hydrogen-bond acceptors (Lipinski definition) is 4. The maximum absolute atomic E-state index is 11.7. The Morgan fingerprint density at radius 3 is 2.47 bits per heavy atom. The smallest absolute Gasteiger partial charge is 0.308 e. The highest BCUT2D eigenvalue weighted by Gasteiger charge is 2.37. The number of esters is 1. The van der Waals surface area contributed by atoms with Gasteiger partial charge in [0, 0.05) is 12.6 Å². The molecule has 0 saturated heterocycles. The summed E-state index contributed by atoms with van der Waals surface area (Å²) in [7, 11) is 2.06. The summed E-state index contributed by atoms with van der Waals surface area (Å²) < 4.78 is 5.06. The van der Waals surface area contributed by atoms with Gasteiger partial charge < -0.3 is 14.7 Å². The van der Waals surface area contributed by atoms with Gasteiger partial charge in [-0.25, -0.2) is 0 Å². The lowest BCUT2D eigenvalue weighted by Crippen LogP contribution is -2.47. The fourth-order valence-electron chi connectivity index (χ4n) is 2.74. The van der Waals surface area contributed by atoms with Gasteiger partial charge in [0.05, 0.1) is 18.1 Å². The van der Waals surface area contributed by atoms with Crippen molar-refractivity contribution in [2.75, 3.05) is 20.2 Å². The maximum Gasteiger partial charge on any atom is 0.308 e. The van der Waals surface area contributed by atoms with Crippen LogP contribution in [0.2, 0.25) is 0 Å². The zero-order valence-electron chi connectivity index (χ0n) is 12.8. The molecule has 1 atom stereocenters. The average Bonchev–Trinajstić information content (AvgIpc) is 2.38. The number of carbonyl (C=O) groups is 1. The van der Waals surface area contributed by atoms with E-state index in [1.807, 2.05) is 6.92 Å². The Hall–Kier alpha value is -0.610. The second kappa shape index (κ2) is 7.25. The number of hydrogen-bond donors (Lipinski definition) is 1. The Morgan fingerprint density at radius 1 is 1.42 bits per heavy atom. The van der Waals surface area contributed by atoms with E-state index >= 15 is 0 Å². The topological polar surface area (TPSA) is 49.8 Å². The van der Waals surface area contributed by atoms with E-state index in [1.165, 1.54) is 0 Å². The number of likely N-dealkylation sites (N-methyl/N-ethyl adjacent to an activating group) is 1. The summed E-state index contributed by atoms with van der Waals surface area (Å²) in [6, 6.07) is 0.479. The first-order valence-electron chi connectivity index (χ1n) is 7.51. The van der Waals surface area contributed by atoms with E-state index < -0.39 is 5.60 Å². The largest absolute Gasteiger partial charge is 0.466 e. The molecule has 4 heteroatoms. The minimum atomic E-state index is -0.638. The molecule has 0 aliphatic heterocycles. The van der Waals surface area contributed by atoms with Gasteiger partial charge in [-0.1, -0.05) is 6.92 Å². The van der Waals surface area contributed by atoms with Crippen LogP contribution >= 0.6 is 0 Å². The molecule has 0 aromatic carbocycles. The van der Waals surface area contributed by atoms with E-state index in [9.17, 15) is 9.90 Å². The van der Waals surface area contributed by atoms with Crippen molar-refractivity contribution in [3.63, 3.8) is 0 Å². The first kappa shape index (κ1) is 16.4. The van der Waals surface area contributed by atoms with Crippen LogP contribution in [-0.4, -0.2) is 47.8 Å². The van der Waals surface area contributed by atoms with Gasteiger partial charge in [0.2, 0.25) is 0 Å². The lowest BCUT2D eigenvalue weighted by atomic mass is 9.78. The Labute approximate surface area is 117 Å². The van der Waals surface area contributed by atoms with E-state index in [0.717, 1.165) is 19.3 Å². The van der Waals surface area contributed by atoms with Crippen LogP contribution in [0.25, 0.3) is 0 Å².